The SMILES string of the molecule is COc1cc(C(=O)Nc2ccc3cn[nH]c3c2)c(OC)cc1C. The second-order valence-electron chi connectivity index (χ2n) is 5.15. The number of carbonyl (C=O) groups is 1. The molecular weight excluding hydrogens is 294 g/mol. The molecule has 1 heterocycles. The molecule has 23 heavy (non-hydrogen) atoms. The lowest BCUT2D eigenvalue weighted by Crippen LogP contribution is -2.13. The Balaban J connectivity index is 1.93. The molecule has 0 spiro atoms. The molecule has 0 aliphatic carbocycles. The number of ether oxygens (including phenoxy) is 2. The quantitative estimate of drug-likeness (QED) is 0.776. The summed E-state index contributed by atoms with van der Waals surface area (Å²) >= 11 is 0. The van der Waals surface area contributed by atoms with Crippen molar-refractivity contribution in [3.8, 4) is 11.5 Å². The molecule has 0 unspecified atom stereocenters. The number of H-pyrrole nitrogens is 1. The van der Waals surface area contributed by atoms with E-state index < -0.39 is 0 Å². The first-order valence-corrected chi connectivity index (χ1v) is 7.09. The van der Waals surface area contributed by atoms with Gasteiger partial charge in [-0.25, -0.2) is 0 Å². The summed E-state index contributed by atoms with van der Waals surface area (Å²) in [7, 11) is 3.11. The molecule has 0 saturated heterocycles. The zero-order valence-corrected chi connectivity index (χ0v) is 13.1. The topological polar surface area (TPSA) is 76.2 Å². The van der Waals surface area contributed by atoms with Crippen molar-refractivity contribution < 1.29 is 14.3 Å². The number of hydrogen-bond acceptors (Lipinski definition) is 4. The number of fused-ring (bicyclic) bond motifs is 1. The van der Waals surface area contributed by atoms with Crippen LogP contribution in [0.3, 0.4) is 0 Å². The van der Waals surface area contributed by atoms with Gasteiger partial charge in [-0.05, 0) is 42.8 Å². The van der Waals surface area contributed by atoms with E-state index in [1.54, 1.807) is 25.4 Å². The summed E-state index contributed by atoms with van der Waals surface area (Å²) in [6, 6.07) is 9.01. The summed E-state index contributed by atoms with van der Waals surface area (Å²) in [5.41, 5.74) is 2.85. The second kappa shape index (κ2) is 6.00. The number of aromatic amines is 1. The zero-order chi connectivity index (χ0) is 16.4. The Morgan fingerprint density at radius 1 is 1.13 bits per heavy atom. The van der Waals surface area contributed by atoms with Crippen LogP contribution >= 0.6 is 0 Å². The molecule has 6 heteroatoms. The van der Waals surface area contributed by atoms with Gasteiger partial charge < -0.3 is 14.8 Å². The molecule has 1 aromatic heterocycles. The van der Waals surface area contributed by atoms with Crippen LogP contribution in [-0.4, -0.2) is 30.3 Å². The van der Waals surface area contributed by atoms with Crippen molar-refractivity contribution in [1.82, 2.24) is 10.2 Å². The van der Waals surface area contributed by atoms with Crippen LogP contribution in [0.5, 0.6) is 11.5 Å². The lowest BCUT2D eigenvalue weighted by Gasteiger charge is -2.13. The maximum atomic E-state index is 12.6. The van der Waals surface area contributed by atoms with Crippen LogP contribution in [0.1, 0.15) is 15.9 Å². The number of nitrogens with one attached hydrogen (secondary N) is 2. The van der Waals surface area contributed by atoms with Crippen molar-refractivity contribution >= 4 is 22.5 Å². The maximum Gasteiger partial charge on any atom is 0.259 e. The third-order valence-electron chi connectivity index (χ3n) is 3.66. The minimum Gasteiger partial charge on any atom is -0.496 e. The van der Waals surface area contributed by atoms with E-state index >= 15 is 0 Å². The summed E-state index contributed by atoms with van der Waals surface area (Å²) in [5, 5.41) is 10.7. The van der Waals surface area contributed by atoms with E-state index in [9.17, 15) is 4.79 Å². The number of hydrogen-bond donors (Lipinski definition) is 2. The minimum atomic E-state index is -0.265. The van der Waals surface area contributed by atoms with Gasteiger partial charge in [0, 0.05) is 11.1 Å². The molecule has 0 aliphatic rings. The van der Waals surface area contributed by atoms with Crippen LogP contribution in [0.25, 0.3) is 10.9 Å². The van der Waals surface area contributed by atoms with Gasteiger partial charge in [0.25, 0.3) is 5.91 Å². The van der Waals surface area contributed by atoms with E-state index in [2.05, 4.69) is 15.5 Å². The van der Waals surface area contributed by atoms with E-state index in [1.165, 1.54) is 7.11 Å². The standard InChI is InChI=1S/C17H17N3O3/c1-10-6-16(23-3)13(8-15(10)22-2)17(21)19-12-5-4-11-9-18-20-14(11)7-12/h4-9H,1-3H3,(H,18,20)(H,19,21). The highest BCUT2D eigenvalue weighted by molar-refractivity contribution is 6.07. The lowest BCUT2D eigenvalue weighted by molar-refractivity contribution is 0.102. The summed E-state index contributed by atoms with van der Waals surface area (Å²) in [5.74, 6) is 0.877. The van der Waals surface area contributed by atoms with Crippen LogP contribution in [-0.2, 0) is 0 Å². The zero-order valence-electron chi connectivity index (χ0n) is 13.1. The Morgan fingerprint density at radius 2 is 1.91 bits per heavy atom. The van der Waals surface area contributed by atoms with Crippen LogP contribution in [0.2, 0.25) is 0 Å². The first-order valence-electron chi connectivity index (χ1n) is 7.09. The molecular formula is C17H17N3O3. The minimum absolute atomic E-state index is 0.265. The fourth-order valence-electron chi connectivity index (χ4n) is 2.44. The van der Waals surface area contributed by atoms with Gasteiger partial charge in [0.15, 0.2) is 0 Å². The Kier molecular flexibility index (Phi) is 3.89. The number of aromatic nitrogens is 2. The average molecular weight is 311 g/mol. The highest BCUT2D eigenvalue weighted by atomic mass is 16.5. The van der Waals surface area contributed by atoms with Crippen molar-refractivity contribution in [3.63, 3.8) is 0 Å². The Morgan fingerprint density at radius 3 is 2.65 bits per heavy atom. The second-order valence-corrected chi connectivity index (χ2v) is 5.15. The third kappa shape index (κ3) is 2.83. The lowest BCUT2D eigenvalue weighted by atomic mass is 10.1. The van der Waals surface area contributed by atoms with Gasteiger partial charge in [0.1, 0.15) is 11.5 Å². The number of methoxy groups -OCH3 is 2. The summed E-state index contributed by atoms with van der Waals surface area (Å²) in [6.07, 6.45) is 1.73. The Labute approximate surface area is 133 Å². The molecule has 0 atom stereocenters. The maximum absolute atomic E-state index is 12.6. The number of amides is 1. The Bertz CT molecular complexity index is 871. The molecule has 0 saturated carbocycles. The molecule has 0 aliphatic heterocycles. The van der Waals surface area contributed by atoms with Gasteiger partial charge in [-0.15, -0.1) is 0 Å². The van der Waals surface area contributed by atoms with Gasteiger partial charge in [-0.2, -0.15) is 5.10 Å². The fraction of sp³-hybridized carbons (Fsp3) is 0.176. The summed E-state index contributed by atoms with van der Waals surface area (Å²) in [4.78, 5) is 12.6. The molecule has 2 N–H and O–H groups in total. The predicted molar refractivity (Wildman–Crippen MR) is 88.3 cm³/mol. The number of anilines is 1. The molecule has 2 aromatic carbocycles. The summed E-state index contributed by atoms with van der Waals surface area (Å²) < 4.78 is 10.6. The Hall–Kier alpha value is -3.02. The first-order chi connectivity index (χ1) is 11.1. The van der Waals surface area contributed by atoms with Gasteiger partial charge >= 0.3 is 0 Å². The van der Waals surface area contributed by atoms with Crippen molar-refractivity contribution in [3.05, 3.63) is 47.7 Å². The van der Waals surface area contributed by atoms with Crippen LogP contribution in [0.4, 0.5) is 5.69 Å². The van der Waals surface area contributed by atoms with Crippen LogP contribution in [0, 0.1) is 6.92 Å². The number of nitrogens with zero attached hydrogens (tertiary/aromatic N) is 1. The van der Waals surface area contributed by atoms with Crippen molar-refractivity contribution in [1.29, 1.82) is 0 Å². The van der Waals surface area contributed by atoms with E-state index in [0.717, 1.165) is 16.5 Å². The molecule has 6 nitrogen and oxygen atoms in total. The first kappa shape index (κ1) is 14.9. The van der Waals surface area contributed by atoms with Crippen molar-refractivity contribution in [2.75, 3.05) is 19.5 Å². The van der Waals surface area contributed by atoms with Gasteiger partial charge in [0.2, 0.25) is 0 Å². The van der Waals surface area contributed by atoms with Gasteiger partial charge in [-0.1, -0.05) is 0 Å². The average Bonchev–Trinajstić information content (AvgIpc) is 3.02. The highest BCUT2D eigenvalue weighted by Crippen LogP contribution is 2.29. The van der Waals surface area contributed by atoms with Crippen molar-refractivity contribution in [2.45, 2.75) is 6.92 Å². The highest BCUT2D eigenvalue weighted by Gasteiger charge is 2.16. The molecule has 0 fully saturated rings. The molecule has 0 radical (unpaired) electrons. The van der Waals surface area contributed by atoms with E-state index in [-0.39, 0.29) is 5.91 Å². The van der Waals surface area contributed by atoms with Gasteiger partial charge in [0.05, 0.1) is 31.5 Å². The van der Waals surface area contributed by atoms with E-state index in [4.69, 9.17) is 9.47 Å². The summed E-state index contributed by atoms with van der Waals surface area (Å²) in [6.45, 7) is 1.90. The predicted octanol–water partition coefficient (Wildman–Crippen LogP) is 3.14. The van der Waals surface area contributed by atoms with E-state index in [0.29, 0.717) is 22.7 Å². The van der Waals surface area contributed by atoms with Gasteiger partial charge in [-0.3, -0.25) is 9.89 Å². The normalized spacial score (nSPS) is 10.6. The number of rotatable bonds is 4. The van der Waals surface area contributed by atoms with Crippen molar-refractivity contribution in [2.24, 2.45) is 0 Å². The number of benzene rings is 2. The monoisotopic (exact) mass is 311 g/mol. The molecule has 1 amide bonds. The number of carbonyl (C=O) groups excluding carboxylic acids is 1. The van der Waals surface area contributed by atoms with Crippen LogP contribution < -0.4 is 14.8 Å². The number of aryl methyl sites for hydroxylation is 1. The smallest absolute Gasteiger partial charge is 0.259 e. The fourth-order valence-corrected chi connectivity index (χ4v) is 2.44. The van der Waals surface area contributed by atoms with Crippen LogP contribution in [0.15, 0.2) is 36.5 Å². The molecule has 0 bridgehead atoms. The third-order valence-corrected chi connectivity index (χ3v) is 3.66. The largest absolute Gasteiger partial charge is 0.496 e. The molecule has 3 rings (SSSR count). The molecule has 3 aromatic rings. The molecule has 118 valence electrons. The van der Waals surface area contributed by atoms with E-state index in [1.807, 2.05) is 25.1 Å².